The van der Waals surface area contributed by atoms with E-state index in [1.165, 1.54) is 0 Å². The quantitative estimate of drug-likeness (QED) is 0.789. The number of carbonyl (C=O) groups excluding carboxylic acids is 1. The van der Waals surface area contributed by atoms with Crippen LogP contribution in [0.25, 0.3) is 0 Å². The fourth-order valence-electron chi connectivity index (χ4n) is 2.06. The summed E-state index contributed by atoms with van der Waals surface area (Å²) in [5.74, 6) is 1.17. The number of ether oxygens (including phenoxy) is 2. The molecule has 0 saturated carbocycles. The van der Waals surface area contributed by atoms with Crippen LogP contribution >= 0.6 is 0 Å². The minimum Gasteiger partial charge on any atom is -0.486 e. The first-order chi connectivity index (χ1) is 9.34. The van der Waals surface area contributed by atoms with E-state index in [9.17, 15) is 4.79 Å². The van der Waals surface area contributed by atoms with Crippen LogP contribution < -0.4 is 9.47 Å². The van der Waals surface area contributed by atoms with Gasteiger partial charge in [-0.05, 0) is 24.3 Å². The van der Waals surface area contributed by atoms with Crippen LogP contribution in [0.5, 0.6) is 11.5 Å². The van der Waals surface area contributed by atoms with Crippen molar-refractivity contribution in [2.24, 2.45) is 0 Å². The summed E-state index contributed by atoms with van der Waals surface area (Å²) in [6.45, 7) is 0.992. The summed E-state index contributed by atoms with van der Waals surface area (Å²) in [6.07, 6.45) is 1.95. The molecule has 0 aliphatic carbocycles. The van der Waals surface area contributed by atoms with Crippen molar-refractivity contribution in [1.29, 1.82) is 0 Å². The molecule has 2 aromatic rings. The Morgan fingerprint density at radius 3 is 2.84 bits per heavy atom. The van der Waals surface area contributed by atoms with Crippen molar-refractivity contribution in [3.63, 3.8) is 0 Å². The third-order valence-corrected chi connectivity index (χ3v) is 2.93. The van der Waals surface area contributed by atoms with Gasteiger partial charge in [-0.1, -0.05) is 12.1 Å². The van der Waals surface area contributed by atoms with E-state index in [1.54, 1.807) is 18.3 Å². The van der Waals surface area contributed by atoms with E-state index in [1.807, 2.05) is 24.3 Å². The molecule has 1 aromatic carbocycles. The van der Waals surface area contributed by atoms with Crippen molar-refractivity contribution in [1.82, 2.24) is 4.98 Å². The average Bonchev–Trinajstić information content (AvgIpc) is 2.47. The number of para-hydroxylation sites is 1. The van der Waals surface area contributed by atoms with E-state index in [2.05, 4.69) is 4.98 Å². The Morgan fingerprint density at radius 2 is 2.00 bits per heavy atom. The Morgan fingerprint density at radius 1 is 1.11 bits per heavy atom. The molecule has 0 N–H and O–H groups in total. The number of aromatic nitrogens is 1. The zero-order valence-corrected chi connectivity index (χ0v) is 10.3. The van der Waals surface area contributed by atoms with Crippen LogP contribution in [0.1, 0.15) is 16.1 Å². The molecule has 0 atom stereocenters. The van der Waals surface area contributed by atoms with Gasteiger partial charge in [-0.2, -0.15) is 0 Å². The first kappa shape index (κ1) is 11.7. The van der Waals surface area contributed by atoms with E-state index in [-0.39, 0.29) is 12.2 Å². The van der Waals surface area contributed by atoms with Crippen LogP contribution in [0.15, 0.2) is 42.6 Å². The van der Waals surface area contributed by atoms with Crippen molar-refractivity contribution < 1.29 is 14.3 Å². The summed E-state index contributed by atoms with van der Waals surface area (Å²) in [7, 11) is 0. The molecular weight excluding hydrogens is 242 g/mol. The second kappa shape index (κ2) is 5.10. The molecule has 4 heteroatoms. The summed E-state index contributed by atoms with van der Waals surface area (Å²) in [4.78, 5) is 16.5. The van der Waals surface area contributed by atoms with Gasteiger partial charge in [-0.25, -0.2) is 0 Å². The van der Waals surface area contributed by atoms with E-state index < -0.39 is 0 Å². The number of carbonyl (C=O) groups is 1. The van der Waals surface area contributed by atoms with Gasteiger partial charge in [0.1, 0.15) is 13.2 Å². The normalized spacial score (nSPS) is 13.1. The maximum absolute atomic E-state index is 12.3. The number of benzene rings is 1. The summed E-state index contributed by atoms with van der Waals surface area (Å²) >= 11 is 0. The molecule has 96 valence electrons. The minimum absolute atomic E-state index is 0.0129. The average molecular weight is 255 g/mol. The van der Waals surface area contributed by atoms with Crippen LogP contribution in [-0.4, -0.2) is 24.0 Å². The van der Waals surface area contributed by atoms with Gasteiger partial charge in [0.25, 0.3) is 0 Å². The minimum atomic E-state index is -0.0129. The predicted molar refractivity (Wildman–Crippen MR) is 69.7 cm³/mol. The van der Waals surface area contributed by atoms with Gasteiger partial charge in [-0.3, -0.25) is 9.78 Å². The summed E-state index contributed by atoms with van der Waals surface area (Å²) in [5, 5.41) is 0. The van der Waals surface area contributed by atoms with E-state index in [0.29, 0.717) is 30.3 Å². The number of rotatable bonds is 3. The first-order valence-electron chi connectivity index (χ1n) is 6.16. The van der Waals surface area contributed by atoms with E-state index in [4.69, 9.17) is 9.47 Å². The molecule has 1 aliphatic heterocycles. The zero-order valence-electron chi connectivity index (χ0n) is 10.3. The molecule has 3 rings (SSSR count). The lowest BCUT2D eigenvalue weighted by Crippen LogP contribution is -2.18. The third kappa shape index (κ3) is 2.42. The molecule has 4 nitrogen and oxygen atoms in total. The van der Waals surface area contributed by atoms with Crippen molar-refractivity contribution in [3.8, 4) is 11.5 Å². The highest BCUT2D eigenvalue weighted by Gasteiger charge is 2.20. The van der Waals surface area contributed by atoms with Gasteiger partial charge in [0.05, 0.1) is 12.0 Å². The number of fused-ring (bicyclic) bond motifs is 1. The summed E-state index contributed by atoms with van der Waals surface area (Å²) in [5.41, 5.74) is 1.31. The van der Waals surface area contributed by atoms with E-state index >= 15 is 0 Å². The molecule has 1 aromatic heterocycles. The second-order valence-corrected chi connectivity index (χ2v) is 4.25. The topological polar surface area (TPSA) is 48.4 Å². The molecule has 0 radical (unpaired) electrons. The monoisotopic (exact) mass is 255 g/mol. The number of nitrogens with zero attached hydrogens (tertiary/aromatic N) is 1. The van der Waals surface area contributed by atoms with Gasteiger partial charge in [0.2, 0.25) is 0 Å². The lowest BCUT2D eigenvalue weighted by Gasteiger charge is -2.20. The predicted octanol–water partition coefficient (Wildman–Crippen LogP) is 2.28. The maximum Gasteiger partial charge on any atom is 0.172 e. The van der Waals surface area contributed by atoms with Crippen LogP contribution in [0.4, 0.5) is 0 Å². The number of hydrogen-bond donors (Lipinski definition) is 0. The molecular formula is C15H13NO3. The van der Waals surface area contributed by atoms with Gasteiger partial charge >= 0.3 is 0 Å². The molecule has 0 amide bonds. The Labute approximate surface area is 111 Å². The van der Waals surface area contributed by atoms with Crippen molar-refractivity contribution in [2.75, 3.05) is 13.2 Å². The van der Waals surface area contributed by atoms with Crippen LogP contribution in [-0.2, 0) is 6.42 Å². The molecule has 19 heavy (non-hydrogen) atoms. The number of Topliss-reactive ketones (excluding diaryl/α,β-unsaturated/α-hetero) is 1. The second-order valence-electron chi connectivity index (χ2n) is 4.25. The lowest BCUT2D eigenvalue weighted by atomic mass is 10.0. The highest BCUT2D eigenvalue weighted by molar-refractivity contribution is 6.00. The van der Waals surface area contributed by atoms with Crippen LogP contribution in [0, 0.1) is 0 Å². The zero-order chi connectivity index (χ0) is 13.1. The van der Waals surface area contributed by atoms with Crippen molar-refractivity contribution >= 4 is 5.78 Å². The summed E-state index contributed by atoms with van der Waals surface area (Å²) < 4.78 is 11.0. The Bertz CT molecular complexity index is 596. The molecule has 2 heterocycles. The highest BCUT2D eigenvalue weighted by atomic mass is 16.6. The number of ketones is 1. The van der Waals surface area contributed by atoms with Gasteiger partial charge in [0.15, 0.2) is 17.3 Å². The Kier molecular flexibility index (Phi) is 3.14. The highest BCUT2D eigenvalue weighted by Crippen LogP contribution is 2.34. The number of pyridine rings is 1. The fourth-order valence-corrected chi connectivity index (χ4v) is 2.06. The van der Waals surface area contributed by atoms with Crippen molar-refractivity contribution in [3.05, 3.63) is 53.9 Å². The van der Waals surface area contributed by atoms with Gasteiger partial charge in [0, 0.05) is 11.9 Å². The first-order valence-corrected chi connectivity index (χ1v) is 6.16. The SMILES string of the molecule is O=C(Cc1ccccn1)c1cccc2c1OCCO2. The Balaban J connectivity index is 1.88. The molecule has 1 aliphatic rings. The molecule has 0 bridgehead atoms. The summed E-state index contributed by atoms with van der Waals surface area (Å²) in [6, 6.07) is 10.9. The number of hydrogen-bond acceptors (Lipinski definition) is 4. The van der Waals surface area contributed by atoms with Gasteiger partial charge < -0.3 is 9.47 Å². The standard InChI is InChI=1S/C15H13NO3/c17-13(10-11-4-1-2-7-16-11)12-5-3-6-14-15(12)19-9-8-18-14/h1-7H,8-10H2. The van der Waals surface area contributed by atoms with Crippen LogP contribution in [0.2, 0.25) is 0 Å². The van der Waals surface area contributed by atoms with E-state index in [0.717, 1.165) is 5.69 Å². The van der Waals surface area contributed by atoms with Crippen molar-refractivity contribution in [2.45, 2.75) is 6.42 Å². The largest absolute Gasteiger partial charge is 0.486 e. The lowest BCUT2D eigenvalue weighted by molar-refractivity contribution is 0.0980. The molecule has 0 unspecified atom stereocenters. The molecule has 0 fully saturated rings. The molecule has 0 spiro atoms. The fraction of sp³-hybridized carbons (Fsp3) is 0.200. The third-order valence-electron chi connectivity index (χ3n) is 2.93. The van der Waals surface area contributed by atoms with Crippen LogP contribution in [0.3, 0.4) is 0 Å². The Hall–Kier alpha value is -2.36. The molecule has 0 saturated heterocycles. The maximum atomic E-state index is 12.3. The van der Waals surface area contributed by atoms with Gasteiger partial charge in [-0.15, -0.1) is 0 Å². The smallest absolute Gasteiger partial charge is 0.172 e.